The molecular weight excluding hydrogens is 236 g/mol. The van der Waals surface area contributed by atoms with Crippen molar-refractivity contribution in [3.8, 4) is 16.9 Å². The SMILES string of the molecule is Cc1ccnc(-n2cc(-c3cccc(N)c3)cn2)c1. The summed E-state index contributed by atoms with van der Waals surface area (Å²) in [5.41, 5.74) is 9.78. The molecule has 2 N–H and O–H groups in total. The molecule has 0 aliphatic carbocycles. The van der Waals surface area contributed by atoms with E-state index >= 15 is 0 Å². The van der Waals surface area contributed by atoms with E-state index in [4.69, 9.17) is 5.73 Å². The minimum atomic E-state index is 0.749. The molecular formula is C15H14N4. The van der Waals surface area contributed by atoms with Gasteiger partial charge in [-0.05, 0) is 42.3 Å². The molecule has 0 atom stereocenters. The van der Waals surface area contributed by atoms with Gasteiger partial charge in [-0.2, -0.15) is 5.10 Å². The number of anilines is 1. The van der Waals surface area contributed by atoms with Crippen LogP contribution in [0.1, 0.15) is 5.56 Å². The lowest BCUT2D eigenvalue weighted by Gasteiger charge is -2.01. The van der Waals surface area contributed by atoms with Crippen LogP contribution in [-0.2, 0) is 0 Å². The Hall–Kier alpha value is -2.62. The Morgan fingerprint density at radius 1 is 1.11 bits per heavy atom. The summed E-state index contributed by atoms with van der Waals surface area (Å²) in [6, 6.07) is 11.7. The van der Waals surface area contributed by atoms with E-state index in [2.05, 4.69) is 10.1 Å². The molecule has 0 fully saturated rings. The lowest BCUT2D eigenvalue weighted by atomic mass is 10.1. The largest absolute Gasteiger partial charge is 0.399 e. The van der Waals surface area contributed by atoms with Crippen LogP contribution in [0.5, 0.6) is 0 Å². The Bertz CT molecular complexity index is 655. The Morgan fingerprint density at radius 2 is 2.00 bits per heavy atom. The molecule has 0 aliphatic heterocycles. The zero-order valence-electron chi connectivity index (χ0n) is 10.6. The molecule has 94 valence electrons. The Kier molecular flexibility index (Phi) is 2.76. The maximum absolute atomic E-state index is 5.79. The van der Waals surface area contributed by atoms with Crippen LogP contribution in [0.2, 0.25) is 0 Å². The molecule has 4 heteroatoms. The second kappa shape index (κ2) is 4.57. The number of nitrogens with two attached hydrogens (primary N) is 1. The van der Waals surface area contributed by atoms with Crippen molar-refractivity contribution in [3.05, 3.63) is 60.6 Å². The van der Waals surface area contributed by atoms with Gasteiger partial charge in [-0.15, -0.1) is 0 Å². The molecule has 19 heavy (non-hydrogen) atoms. The first-order valence-corrected chi connectivity index (χ1v) is 6.06. The number of rotatable bonds is 2. The number of pyridine rings is 1. The highest BCUT2D eigenvalue weighted by molar-refractivity contribution is 5.66. The standard InChI is InChI=1S/C15H14N4/c1-11-5-6-17-15(7-11)19-10-13(9-18-19)12-3-2-4-14(16)8-12/h2-10H,16H2,1H3. The first kappa shape index (κ1) is 11.5. The summed E-state index contributed by atoms with van der Waals surface area (Å²) in [7, 11) is 0. The first-order valence-electron chi connectivity index (χ1n) is 6.06. The number of hydrogen-bond acceptors (Lipinski definition) is 3. The predicted octanol–water partition coefficient (Wildman–Crippen LogP) is 2.82. The van der Waals surface area contributed by atoms with Gasteiger partial charge in [-0.25, -0.2) is 9.67 Å². The van der Waals surface area contributed by atoms with Gasteiger partial charge in [-0.1, -0.05) is 12.1 Å². The van der Waals surface area contributed by atoms with Crippen molar-refractivity contribution in [3.63, 3.8) is 0 Å². The van der Waals surface area contributed by atoms with E-state index in [9.17, 15) is 0 Å². The Morgan fingerprint density at radius 3 is 2.79 bits per heavy atom. The smallest absolute Gasteiger partial charge is 0.153 e. The molecule has 0 saturated heterocycles. The summed E-state index contributed by atoms with van der Waals surface area (Å²) in [6.45, 7) is 2.04. The van der Waals surface area contributed by atoms with Crippen molar-refractivity contribution >= 4 is 5.69 Å². The fourth-order valence-corrected chi connectivity index (χ4v) is 1.96. The summed E-state index contributed by atoms with van der Waals surface area (Å²) in [6.07, 6.45) is 5.56. The molecule has 2 heterocycles. The maximum atomic E-state index is 5.79. The molecule has 0 amide bonds. The molecule has 0 spiro atoms. The van der Waals surface area contributed by atoms with Crippen molar-refractivity contribution in [1.29, 1.82) is 0 Å². The van der Waals surface area contributed by atoms with Gasteiger partial charge in [0.1, 0.15) is 0 Å². The Labute approximate surface area is 111 Å². The quantitative estimate of drug-likeness (QED) is 0.711. The second-order valence-corrected chi connectivity index (χ2v) is 4.49. The summed E-state index contributed by atoms with van der Waals surface area (Å²) in [5.74, 6) is 0.815. The van der Waals surface area contributed by atoms with E-state index in [1.807, 2.05) is 55.7 Å². The molecule has 0 unspecified atom stereocenters. The number of nitrogens with zero attached hydrogens (tertiary/aromatic N) is 3. The zero-order valence-corrected chi connectivity index (χ0v) is 10.6. The van der Waals surface area contributed by atoms with Crippen LogP contribution >= 0.6 is 0 Å². The monoisotopic (exact) mass is 250 g/mol. The summed E-state index contributed by atoms with van der Waals surface area (Å²) in [5, 5.41) is 4.35. The molecule has 2 aromatic heterocycles. The molecule has 0 radical (unpaired) electrons. The Balaban J connectivity index is 2.00. The van der Waals surface area contributed by atoms with E-state index in [-0.39, 0.29) is 0 Å². The average molecular weight is 250 g/mol. The van der Waals surface area contributed by atoms with Crippen LogP contribution in [0.15, 0.2) is 55.0 Å². The van der Waals surface area contributed by atoms with Crippen molar-refractivity contribution < 1.29 is 0 Å². The molecule has 1 aromatic carbocycles. The molecule has 0 bridgehead atoms. The highest BCUT2D eigenvalue weighted by Gasteiger charge is 2.04. The number of aromatic nitrogens is 3. The summed E-state index contributed by atoms with van der Waals surface area (Å²) in [4.78, 5) is 4.31. The van der Waals surface area contributed by atoms with E-state index in [0.29, 0.717) is 0 Å². The topological polar surface area (TPSA) is 56.7 Å². The van der Waals surface area contributed by atoms with Crippen LogP contribution in [0.4, 0.5) is 5.69 Å². The fraction of sp³-hybridized carbons (Fsp3) is 0.0667. The zero-order chi connectivity index (χ0) is 13.2. The number of benzene rings is 1. The minimum Gasteiger partial charge on any atom is -0.399 e. The number of hydrogen-bond donors (Lipinski definition) is 1. The number of aryl methyl sites for hydroxylation is 1. The summed E-state index contributed by atoms with van der Waals surface area (Å²) < 4.78 is 1.77. The fourth-order valence-electron chi connectivity index (χ4n) is 1.96. The van der Waals surface area contributed by atoms with Crippen molar-refractivity contribution in [1.82, 2.24) is 14.8 Å². The third kappa shape index (κ3) is 2.33. The van der Waals surface area contributed by atoms with Gasteiger partial charge in [-0.3, -0.25) is 0 Å². The highest BCUT2D eigenvalue weighted by atomic mass is 15.3. The van der Waals surface area contributed by atoms with Gasteiger partial charge in [0.15, 0.2) is 5.82 Å². The van der Waals surface area contributed by atoms with Gasteiger partial charge in [0.05, 0.1) is 6.20 Å². The molecule has 0 aliphatic rings. The minimum absolute atomic E-state index is 0.749. The van der Waals surface area contributed by atoms with Crippen LogP contribution in [0.25, 0.3) is 16.9 Å². The van der Waals surface area contributed by atoms with Gasteiger partial charge < -0.3 is 5.73 Å². The first-order chi connectivity index (χ1) is 9.22. The van der Waals surface area contributed by atoms with Crippen molar-refractivity contribution in [2.24, 2.45) is 0 Å². The van der Waals surface area contributed by atoms with Gasteiger partial charge >= 0.3 is 0 Å². The van der Waals surface area contributed by atoms with Gasteiger partial charge in [0.25, 0.3) is 0 Å². The van der Waals surface area contributed by atoms with Crippen LogP contribution in [-0.4, -0.2) is 14.8 Å². The van der Waals surface area contributed by atoms with E-state index in [0.717, 1.165) is 28.2 Å². The van der Waals surface area contributed by atoms with E-state index in [1.54, 1.807) is 10.9 Å². The number of nitrogen functional groups attached to an aromatic ring is 1. The third-order valence-corrected chi connectivity index (χ3v) is 2.94. The lowest BCUT2D eigenvalue weighted by molar-refractivity contribution is 0.845. The predicted molar refractivity (Wildman–Crippen MR) is 75.9 cm³/mol. The van der Waals surface area contributed by atoms with Gasteiger partial charge in [0, 0.05) is 23.6 Å². The van der Waals surface area contributed by atoms with E-state index < -0.39 is 0 Å². The normalized spacial score (nSPS) is 10.6. The maximum Gasteiger partial charge on any atom is 0.153 e. The summed E-state index contributed by atoms with van der Waals surface area (Å²) >= 11 is 0. The van der Waals surface area contributed by atoms with Crippen LogP contribution in [0, 0.1) is 6.92 Å². The average Bonchev–Trinajstić information content (AvgIpc) is 2.88. The van der Waals surface area contributed by atoms with Crippen LogP contribution < -0.4 is 5.73 Å². The molecule has 3 aromatic rings. The highest BCUT2D eigenvalue weighted by Crippen LogP contribution is 2.21. The third-order valence-electron chi connectivity index (χ3n) is 2.94. The lowest BCUT2D eigenvalue weighted by Crippen LogP contribution is -1.97. The molecule has 4 nitrogen and oxygen atoms in total. The van der Waals surface area contributed by atoms with E-state index in [1.165, 1.54) is 0 Å². The molecule has 0 saturated carbocycles. The van der Waals surface area contributed by atoms with Crippen LogP contribution in [0.3, 0.4) is 0 Å². The second-order valence-electron chi connectivity index (χ2n) is 4.49. The molecule has 3 rings (SSSR count). The van der Waals surface area contributed by atoms with Gasteiger partial charge in [0.2, 0.25) is 0 Å². The van der Waals surface area contributed by atoms with Crippen molar-refractivity contribution in [2.45, 2.75) is 6.92 Å². The van der Waals surface area contributed by atoms with Crippen molar-refractivity contribution in [2.75, 3.05) is 5.73 Å².